The number of aromatic nitrogens is 1. The maximum Gasteiger partial charge on any atom is 0.263 e. The summed E-state index contributed by atoms with van der Waals surface area (Å²) in [5.41, 5.74) is 0.857. The molecule has 2 aromatic rings. The molecule has 0 aliphatic carbocycles. The maximum atomic E-state index is 12.8. The highest BCUT2D eigenvalue weighted by atomic mass is 16.5. The average Bonchev–Trinajstić information content (AvgIpc) is 3.15. The number of hydrogen-bond donors (Lipinski definition) is 1. The van der Waals surface area contributed by atoms with Crippen LogP contribution in [-0.2, 0) is 16.8 Å². The van der Waals surface area contributed by atoms with Gasteiger partial charge < -0.3 is 19.4 Å². The van der Waals surface area contributed by atoms with Gasteiger partial charge in [-0.15, -0.1) is 0 Å². The van der Waals surface area contributed by atoms with Crippen molar-refractivity contribution >= 4 is 11.6 Å². The molecule has 6 heteroatoms. The lowest BCUT2D eigenvalue weighted by Crippen LogP contribution is -2.51. The molecule has 1 aromatic carbocycles. The first-order valence-corrected chi connectivity index (χ1v) is 10.1. The number of carbonyl (C=O) groups is 1. The van der Waals surface area contributed by atoms with Crippen LogP contribution in [0.3, 0.4) is 0 Å². The Morgan fingerprint density at radius 3 is 2.64 bits per heavy atom. The topological polar surface area (TPSA) is 67.6 Å². The molecule has 1 amide bonds. The Balaban J connectivity index is 1.79. The Hall–Kier alpha value is -2.50. The Labute approximate surface area is 167 Å². The van der Waals surface area contributed by atoms with Crippen molar-refractivity contribution in [3.8, 4) is 5.75 Å². The molecule has 1 unspecified atom stereocenters. The third kappa shape index (κ3) is 4.49. The van der Waals surface area contributed by atoms with Crippen LogP contribution in [0.5, 0.6) is 5.75 Å². The van der Waals surface area contributed by atoms with Gasteiger partial charge >= 0.3 is 0 Å². The van der Waals surface area contributed by atoms with Gasteiger partial charge in [0.2, 0.25) is 5.89 Å². The third-order valence-electron chi connectivity index (χ3n) is 5.10. The molecule has 1 atom stereocenters. The number of nitrogens with one attached hydrogen (secondary N) is 1. The van der Waals surface area contributed by atoms with E-state index in [0.717, 1.165) is 24.3 Å². The zero-order chi connectivity index (χ0) is 20.3. The van der Waals surface area contributed by atoms with Gasteiger partial charge in [0.25, 0.3) is 5.91 Å². The van der Waals surface area contributed by atoms with Gasteiger partial charge in [-0.1, -0.05) is 46.8 Å². The highest BCUT2D eigenvalue weighted by Crippen LogP contribution is 2.34. The number of benzene rings is 1. The fourth-order valence-corrected chi connectivity index (χ4v) is 3.27. The van der Waals surface area contributed by atoms with E-state index in [1.807, 2.05) is 24.3 Å². The van der Waals surface area contributed by atoms with Crippen molar-refractivity contribution in [2.45, 2.75) is 71.6 Å². The lowest BCUT2D eigenvalue weighted by molar-refractivity contribution is -0.128. The van der Waals surface area contributed by atoms with E-state index < -0.39 is 6.10 Å². The molecule has 0 saturated carbocycles. The number of ether oxygens (including phenoxy) is 1. The molecule has 3 rings (SSSR count). The SMILES string of the molecule is CCC(CC)NC(=O)C1CN(Cc2ncc(C(C)(C)C)o2)c2ccccc2O1. The summed E-state index contributed by atoms with van der Waals surface area (Å²) in [6, 6.07) is 7.95. The molecule has 0 saturated heterocycles. The van der Waals surface area contributed by atoms with Crippen molar-refractivity contribution in [2.24, 2.45) is 0 Å². The first-order chi connectivity index (χ1) is 13.3. The second-order valence-electron chi connectivity index (χ2n) is 8.34. The van der Waals surface area contributed by atoms with E-state index in [-0.39, 0.29) is 17.4 Å². The number of fused-ring (bicyclic) bond motifs is 1. The van der Waals surface area contributed by atoms with Gasteiger partial charge in [0.1, 0.15) is 11.5 Å². The van der Waals surface area contributed by atoms with Crippen LogP contribution in [0, 0.1) is 0 Å². The van der Waals surface area contributed by atoms with Crippen LogP contribution in [0.2, 0.25) is 0 Å². The van der Waals surface area contributed by atoms with Crippen LogP contribution in [0.1, 0.15) is 59.1 Å². The van der Waals surface area contributed by atoms with Gasteiger partial charge in [-0.3, -0.25) is 4.79 Å². The summed E-state index contributed by atoms with van der Waals surface area (Å²) < 4.78 is 12.0. The lowest BCUT2D eigenvalue weighted by atomic mass is 9.94. The number of rotatable bonds is 6. The van der Waals surface area contributed by atoms with Gasteiger partial charge in [-0.2, -0.15) is 0 Å². The Morgan fingerprint density at radius 2 is 2.00 bits per heavy atom. The van der Waals surface area contributed by atoms with E-state index in [9.17, 15) is 4.79 Å². The number of oxazole rings is 1. The van der Waals surface area contributed by atoms with Crippen molar-refractivity contribution in [1.82, 2.24) is 10.3 Å². The van der Waals surface area contributed by atoms with Gasteiger partial charge in [0.15, 0.2) is 6.10 Å². The molecule has 1 aliphatic heterocycles. The smallest absolute Gasteiger partial charge is 0.263 e. The van der Waals surface area contributed by atoms with Crippen LogP contribution in [0.25, 0.3) is 0 Å². The van der Waals surface area contributed by atoms with Crippen LogP contribution in [0.4, 0.5) is 5.69 Å². The molecule has 0 bridgehead atoms. The number of para-hydroxylation sites is 2. The van der Waals surface area contributed by atoms with Gasteiger partial charge in [-0.25, -0.2) is 4.98 Å². The number of carbonyl (C=O) groups excluding carboxylic acids is 1. The van der Waals surface area contributed by atoms with Gasteiger partial charge in [-0.05, 0) is 25.0 Å². The summed E-state index contributed by atoms with van der Waals surface area (Å²) in [4.78, 5) is 19.3. The molecule has 6 nitrogen and oxygen atoms in total. The molecular formula is C22H31N3O3. The van der Waals surface area contributed by atoms with Crippen molar-refractivity contribution in [3.05, 3.63) is 42.1 Å². The highest BCUT2D eigenvalue weighted by molar-refractivity contribution is 5.83. The second-order valence-corrected chi connectivity index (χ2v) is 8.34. The lowest BCUT2D eigenvalue weighted by Gasteiger charge is -2.35. The van der Waals surface area contributed by atoms with E-state index in [4.69, 9.17) is 9.15 Å². The van der Waals surface area contributed by atoms with E-state index in [1.54, 1.807) is 6.20 Å². The van der Waals surface area contributed by atoms with Crippen molar-refractivity contribution < 1.29 is 13.9 Å². The molecule has 152 valence electrons. The van der Waals surface area contributed by atoms with Crippen LogP contribution < -0.4 is 15.0 Å². The number of amides is 1. The summed E-state index contributed by atoms with van der Waals surface area (Å²) in [7, 11) is 0. The minimum absolute atomic E-state index is 0.0732. The Bertz CT molecular complexity index is 805. The highest BCUT2D eigenvalue weighted by Gasteiger charge is 2.32. The predicted molar refractivity (Wildman–Crippen MR) is 110 cm³/mol. The summed E-state index contributed by atoms with van der Waals surface area (Å²) >= 11 is 0. The summed E-state index contributed by atoms with van der Waals surface area (Å²) in [5, 5.41) is 3.10. The van der Waals surface area contributed by atoms with Crippen LogP contribution >= 0.6 is 0 Å². The molecular weight excluding hydrogens is 354 g/mol. The number of anilines is 1. The normalized spacial score (nSPS) is 16.6. The van der Waals surface area contributed by atoms with E-state index >= 15 is 0 Å². The van der Waals surface area contributed by atoms with Gasteiger partial charge in [0, 0.05) is 11.5 Å². The van der Waals surface area contributed by atoms with Crippen molar-refractivity contribution in [2.75, 3.05) is 11.4 Å². The Kier molecular flexibility index (Phi) is 5.96. The molecule has 1 aromatic heterocycles. The largest absolute Gasteiger partial charge is 0.477 e. The van der Waals surface area contributed by atoms with Crippen molar-refractivity contribution in [3.63, 3.8) is 0 Å². The minimum Gasteiger partial charge on any atom is -0.477 e. The molecule has 0 fully saturated rings. The zero-order valence-electron chi connectivity index (χ0n) is 17.5. The van der Waals surface area contributed by atoms with E-state index in [1.165, 1.54) is 0 Å². The molecule has 1 N–H and O–H groups in total. The zero-order valence-corrected chi connectivity index (χ0v) is 17.5. The molecule has 0 spiro atoms. The minimum atomic E-state index is -0.562. The second kappa shape index (κ2) is 8.25. The molecule has 1 aliphatic rings. The van der Waals surface area contributed by atoms with E-state index in [2.05, 4.69) is 49.8 Å². The standard InChI is InChI=1S/C22H31N3O3/c1-6-15(7-2)24-21(26)18-13-25(16-10-8-9-11-17(16)27-18)14-20-23-12-19(28-20)22(3,4)5/h8-12,15,18H,6-7,13-14H2,1-5H3,(H,24,26). The molecule has 0 radical (unpaired) electrons. The fraction of sp³-hybridized carbons (Fsp3) is 0.545. The predicted octanol–water partition coefficient (Wildman–Crippen LogP) is 4.04. The monoisotopic (exact) mass is 385 g/mol. The number of nitrogens with zero attached hydrogens (tertiary/aromatic N) is 2. The first-order valence-electron chi connectivity index (χ1n) is 10.1. The van der Waals surface area contributed by atoms with Crippen LogP contribution in [-0.4, -0.2) is 29.6 Å². The molecule has 28 heavy (non-hydrogen) atoms. The molecule has 2 heterocycles. The third-order valence-corrected chi connectivity index (χ3v) is 5.10. The first kappa shape index (κ1) is 20.2. The summed E-state index contributed by atoms with van der Waals surface area (Å²) in [6.07, 6.45) is 3.04. The fourth-order valence-electron chi connectivity index (χ4n) is 3.27. The summed E-state index contributed by atoms with van der Waals surface area (Å²) in [5.74, 6) is 2.13. The van der Waals surface area contributed by atoms with E-state index in [0.29, 0.717) is 24.7 Å². The quantitative estimate of drug-likeness (QED) is 0.813. The van der Waals surface area contributed by atoms with Gasteiger partial charge in [0.05, 0.1) is 25.0 Å². The number of hydrogen-bond acceptors (Lipinski definition) is 5. The Morgan fingerprint density at radius 1 is 1.29 bits per heavy atom. The average molecular weight is 386 g/mol. The van der Waals surface area contributed by atoms with Crippen molar-refractivity contribution in [1.29, 1.82) is 0 Å². The maximum absolute atomic E-state index is 12.8. The van der Waals surface area contributed by atoms with Crippen LogP contribution in [0.15, 0.2) is 34.9 Å². The summed E-state index contributed by atoms with van der Waals surface area (Å²) in [6.45, 7) is 11.4.